The van der Waals surface area contributed by atoms with Crippen LogP contribution >= 0.6 is 15.9 Å². The number of amides is 1. The van der Waals surface area contributed by atoms with E-state index in [1.54, 1.807) is 0 Å². The molecule has 5 heteroatoms. The second-order valence-electron chi connectivity index (χ2n) is 4.63. The Morgan fingerprint density at radius 1 is 1.25 bits per heavy atom. The molecule has 0 aromatic heterocycles. The number of nitrogens with two attached hydrogens (primary N) is 1. The molecule has 0 saturated heterocycles. The Balaban J connectivity index is 2.33. The average molecular weight is 337 g/mol. The summed E-state index contributed by atoms with van der Waals surface area (Å²) < 4.78 is 13.6. The van der Waals surface area contributed by atoms with Crippen molar-refractivity contribution in [3.8, 4) is 0 Å². The topological polar surface area (TPSA) is 55.1 Å². The third kappa shape index (κ3) is 2.99. The molecular weight excluding hydrogens is 323 g/mol. The summed E-state index contributed by atoms with van der Waals surface area (Å²) in [5, 5.41) is 2.81. The van der Waals surface area contributed by atoms with Gasteiger partial charge in [0.15, 0.2) is 0 Å². The van der Waals surface area contributed by atoms with Crippen molar-refractivity contribution in [2.75, 3.05) is 11.1 Å². The molecule has 2 rings (SSSR count). The van der Waals surface area contributed by atoms with Crippen LogP contribution < -0.4 is 11.1 Å². The highest BCUT2D eigenvalue weighted by molar-refractivity contribution is 9.10. The Hall–Kier alpha value is -1.88. The first-order chi connectivity index (χ1) is 9.38. The number of aryl methyl sites for hydroxylation is 2. The minimum Gasteiger partial charge on any atom is -0.396 e. The van der Waals surface area contributed by atoms with Gasteiger partial charge in [-0.2, -0.15) is 0 Å². The maximum Gasteiger partial charge on any atom is 0.256 e. The molecule has 104 valence electrons. The smallest absolute Gasteiger partial charge is 0.256 e. The number of halogens is 2. The summed E-state index contributed by atoms with van der Waals surface area (Å²) >= 11 is 3.17. The minimum atomic E-state index is -0.555. The monoisotopic (exact) mass is 336 g/mol. The lowest BCUT2D eigenvalue weighted by Crippen LogP contribution is -2.14. The maximum atomic E-state index is 13.3. The number of hydrogen-bond acceptors (Lipinski definition) is 2. The van der Waals surface area contributed by atoms with Crippen LogP contribution in [0.1, 0.15) is 21.5 Å². The van der Waals surface area contributed by atoms with E-state index in [1.807, 2.05) is 32.0 Å². The van der Waals surface area contributed by atoms with E-state index in [-0.39, 0.29) is 11.6 Å². The SMILES string of the molecule is Cc1ccc(C)c(NC(=O)c2cc(N)c(F)cc2Br)c1. The van der Waals surface area contributed by atoms with Crippen LogP contribution in [-0.2, 0) is 0 Å². The molecule has 0 fully saturated rings. The lowest BCUT2D eigenvalue weighted by molar-refractivity contribution is 0.102. The first kappa shape index (κ1) is 14.5. The summed E-state index contributed by atoms with van der Waals surface area (Å²) in [6, 6.07) is 8.29. The van der Waals surface area contributed by atoms with Crippen molar-refractivity contribution in [2.24, 2.45) is 0 Å². The molecule has 0 saturated carbocycles. The van der Waals surface area contributed by atoms with Crippen molar-refractivity contribution in [3.63, 3.8) is 0 Å². The standard InChI is InChI=1S/C15H14BrFN2O/c1-8-3-4-9(2)14(5-8)19-15(20)10-6-13(18)12(17)7-11(10)16/h3-7H,18H2,1-2H3,(H,19,20). The molecule has 0 heterocycles. The normalized spacial score (nSPS) is 10.4. The van der Waals surface area contributed by atoms with Crippen molar-refractivity contribution < 1.29 is 9.18 Å². The molecule has 0 radical (unpaired) electrons. The Bertz CT molecular complexity index is 686. The lowest BCUT2D eigenvalue weighted by atomic mass is 10.1. The zero-order valence-electron chi connectivity index (χ0n) is 11.1. The minimum absolute atomic E-state index is 0.0562. The van der Waals surface area contributed by atoms with Crippen LogP contribution in [0, 0.1) is 19.7 Å². The Morgan fingerprint density at radius 2 is 1.95 bits per heavy atom. The summed E-state index contributed by atoms with van der Waals surface area (Å²) in [6.45, 7) is 3.85. The van der Waals surface area contributed by atoms with Gasteiger partial charge < -0.3 is 11.1 Å². The third-order valence-electron chi connectivity index (χ3n) is 2.97. The van der Waals surface area contributed by atoms with E-state index in [9.17, 15) is 9.18 Å². The average Bonchev–Trinajstić information content (AvgIpc) is 2.38. The Labute approximate surface area is 125 Å². The van der Waals surface area contributed by atoms with Crippen LogP contribution in [0.2, 0.25) is 0 Å². The van der Waals surface area contributed by atoms with Crippen LogP contribution in [0.25, 0.3) is 0 Å². The molecule has 0 unspecified atom stereocenters. The van der Waals surface area contributed by atoms with Crippen molar-refractivity contribution in [2.45, 2.75) is 13.8 Å². The van der Waals surface area contributed by atoms with Crippen LogP contribution in [0.3, 0.4) is 0 Å². The van der Waals surface area contributed by atoms with Crippen LogP contribution in [-0.4, -0.2) is 5.91 Å². The molecule has 0 aliphatic heterocycles. The highest BCUT2D eigenvalue weighted by Gasteiger charge is 2.14. The fraction of sp³-hybridized carbons (Fsp3) is 0.133. The molecule has 0 aliphatic carbocycles. The van der Waals surface area contributed by atoms with Crippen molar-refractivity contribution in [3.05, 3.63) is 57.3 Å². The number of hydrogen-bond donors (Lipinski definition) is 2. The zero-order valence-corrected chi connectivity index (χ0v) is 12.7. The van der Waals surface area contributed by atoms with E-state index in [0.29, 0.717) is 10.0 Å². The van der Waals surface area contributed by atoms with E-state index in [0.717, 1.165) is 16.8 Å². The molecule has 2 aromatic carbocycles. The van der Waals surface area contributed by atoms with Gasteiger partial charge in [0, 0.05) is 10.2 Å². The molecule has 0 aliphatic rings. The largest absolute Gasteiger partial charge is 0.396 e. The summed E-state index contributed by atoms with van der Waals surface area (Å²) in [4.78, 5) is 12.2. The number of carbonyl (C=O) groups excluding carboxylic acids is 1. The van der Waals surface area contributed by atoms with Crippen LogP contribution in [0.4, 0.5) is 15.8 Å². The summed E-state index contributed by atoms with van der Waals surface area (Å²) in [5.74, 6) is -0.891. The Kier molecular flexibility index (Phi) is 4.09. The summed E-state index contributed by atoms with van der Waals surface area (Å²) in [7, 11) is 0. The van der Waals surface area contributed by atoms with Gasteiger partial charge in [-0.3, -0.25) is 4.79 Å². The molecular formula is C15H14BrFN2O. The van der Waals surface area contributed by atoms with Crippen molar-refractivity contribution in [1.29, 1.82) is 0 Å². The summed E-state index contributed by atoms with van der Waals surface area (Å²) in [6.07, 6.45) is 0. The molecule has 1 amide bonds. The molecule has 20 heavy (non-hydrogen) atoms. The number of nitrogens with one attached hydrogen (secondary N) is 1. The van der Waals surface area contributed by atoms with E-state index < -0.39 is 5.82 Å². The van der Waals surface area contributed by atoms with E-state index in [2.05, 4.69) is 21.2 Å². The third-order valence-corrected chi connectivity index (χ3v) is 3.63. The van der Waals surface area contributed by atoms with Gasteiger partial charge >= 0.3 is 0 Å². The first-order valence-corrected chi connectivity index (χ1v) is 6.81. The van der Waals surface area contributed by atoms with Gasteiger partial charge in [-0.25, -0.2) is 4.39 Å². The Morgan fingerprint density at radius 3 is 2.65 bits per heavy atom. The van der Waals surface area contributed by atoms with E-state index in [1.165, 1.54) is 12.1 Å². The number of nitrogen functional groups attached to an aromatic ring is 1. The highest BCUT2D eigenvalue weighted by atomic mass is 79.9. The predicted molar refractivity (Wildman–Crippen MR) is 82.4 cm³/mol. The second-order valence-corrected chi connectivity index (χ2v) is 5.48. The first-order valence-electron chi connectivity index (χ1n) is 6.01. The molecule has 3 N–H and O–H groups in total. The van der Waals surface area contributed by atoms with E-state index in [4.69, 9.17) is 5.73 Å². The maximum absolute atomic E-state index is 13.3. The van der Waals surface area contributed by atoms with Gasteiger partial charge in [0.25, 0.3) is 5.91 Å². The quantitative estimate of drug-likeness (QED) is 0.813. The molecule has 0 spiro atoms. The van der Waals surface area contributed by atoms with Gasteiger partial charge in [0.1, 0.15) is 5.82 Å². The predicted octanol–water partition coefficient (Wildman–Crippen LogP) is 4.04. The molecule has 0 bridgehead atoms. The van der Waals surface area contributed by atoms with Crippen LogP contribution in [0.15, 0.2) is 34.8 Å². The number of rotatable bonds is 2. The molecule has 0 atom stereocenters. The molecule has 2 aromatic rings. The fourth-order valence-electron chi connectivity index (χ4n) is 1.80. The number of anilines is 2. The number of carbonyl (C=O) groups is 1. The zero-order chi connectivity index (χ0) is 14.9. The van der Waals surface area contributed by atoms with Gasteiger partial charge in [0.2, 0.25) is 0 Å². The second kappa shape index (κ2) is 5.63. The van der Waals surface area contributed by atoms with Gasteiger partial charge in [0.05, 0.1) is 11.3 Å². The number of benzene rings is 2. The highest BCUT2D eigenvalue weighted by Crippen LogP contribution is 2.24. The van der Waals surface area contributed by atoms with Crippen molar-refractivity contribution >= 4 is 33.2 Å². The summed E-state index contributed by atoms with van der Waals surface area (Å²) in [5.41, 5.74) is 8.46. The van der Waals surface area contributed by atoms with Gasteiger partial charge in [-0.1, -0.05) is 12.1 Å². The molecule has 3 nitrogen and oxygen atoms in total. The van der Waals surface area contributed by atoms with E-state index >= 15 is 0 Å². The van der Waals surface area contributed by atoms with Gasteiger partial charge in [-0.05, 0) is 59.1 Å². The lowest BCUT2D eigenvalue weighted by Gasteiger charge is -2.11. The fourth-order valence-corrected chi connectivity index (χ4v) is 2.30. The van der Waals surface area contributed by atoms with Crippen molar-refractivity contribution in [1.82, 2.24) is 0 Å². The van der Waals surface area contributed by atoms with Crippen LogP contribution in [0.5, 0.6) is 0 Å². The van der Waals surface area contributed by atoms with Gasteiger partial charge in [-0.15, -0.1) is 0 Å².